The molecule has 17 heavy (non-hydrogen) atoms. The Morgan fingerprint density at radius 2 is 2.24 bits per heavy atom. The lowest BCUT2D eigenvalue weighted by atomic mass is 10.1. The van der Waals surface area contributed by atoms with Gasteiger partial charge in [-0.3, -0.25) is 4.90 Å². The molecule has 0 N–H and O–H groups in total. The number of hydrogen-bond acceptors (Lipinski definition) is 3. The van der Waals surface area contributed by atoms with Crippen LogP contribution in [0.2, 0.25) is 0 Å². The molecule has 1 aromatic rings. The van der Waals surface area contributed by atoms with Crippen LogP contribution < -0.4 is 4.74 Å². The van der Waals surface area contributed by atoms with E-state index in [2.05, 4.69) is 33.0 Å². The topological polar surface area (TPSA) is 36.3 Å². The second kappa shape index (κ2) is 6.63. The van der Waals surface area contributed by atoms with Crippen LogP contribution in [0.25, 0.3) is 0 Å². The van der Waals surface area contributed by atoms with E-state index < -0.39 is 0 Å². The van der Waals surface area contributed by atoms with Crippen molar-refractivity contribution >= 4 is 15.9 Å². The normalized spacial score (nSPS) is 12.2. The minimum atomic E-state index is 0.240. The van der Waals surface area contributed by atoms with Crippen LogP contribution in [0.15, 0.2) is 22.7 Å². The molecule has 0 aliphatic rings. The summed E-state index contributed by atoms with van der Waals surface area (Å²) in [6.45, 7) is 2.82. The van der Waals surface area contributed by atoms with E-state index in [1.165, 1.54) is 0 Å². The zero-order valence-electron chi connectivity index (χ0n) is 10.4. The van der Waals surface area contributed by atoms with Gasteiger partial charge in [-0.05, 0) is 32.2 Å². The lowest BCUT2D eigenvalue weighted by Gasteiger charge is -2.23. The van der Waals surface area contributed by atoms with E-state index in [0.717, 1.165) is 22.3 Å². The molecule has 1 atom stereocenters. The van der Waals surface area contributed by atoms with E-state index in [0.29, 0.717) is 6.42 Å². The maximum Gasteiger partial charge on any atom is 0.123 e. The van der Waals surface area contributed by atoms with Crippen molar-refractivity contribution in [2.75, 3.05) is 14.2 Å². The molecule has 0 amide bonds. The van der Waals surface area contributed by atoms with E-state index in [-0.39, 0.29) is 6.04 Å². The Morgan fingerprint density at radius 1 is 1.53 bits per heavy atom. The molecule has 3 nitrogen and oxygen atoms in total. The number of rotatable bonds is 5. The summed E-state index contributed by atoms with van der Waals surface area (Å²) in [7, 11) is 3.69. The molecule has 0 aliphatic heterocycles. The van der Waals surface area contributed by atoms with E-state index >= 15 is 0 Å². The maximum atomic E-state index is 8.69. The van der Waals surface area contributed by atoms with Gasteiger partial charge in [0.05, 0.1) is 19.6 Å². The smallest absolute Gasteiger partial charge is 0.123 e. The summed E-state index contributed by atoms with van der Waals surface area (Å²) in [4.78, 5) is 2.15. The van der Waals surface area contributed by atoms with E-state index in [4.69, 9.17) is 10.00 Å². The van der Waals surface area contributed by atoms with E-state index in [1.54, 1.807) is 7.11 Å². The van der Waals surface area contributed by atoms with Gasteiger partial charge in [-0.25, -0.2) is 0 Å². The molecule has 0 radical (unpaired) electrons. The summed E-state index contributed by atoms with van der Waals surface area (Å²) in [6.07, 6.45) is 0.535. The van der Waals surface area contributed by atoms with Crippen LogP contribution >= 0.6 is 15.9 Å². The third-order valence-corrected chi connectivity index (χ3v) is 3.29. The number of nitrogens with zero attached hydrogens (tertiary/aromatic N) is 2. The van der Waals surface area contributed by atoms with Crippen LogP contribution in [-0.4, -0.2) is 25.1 Å². The van der Waals surface area contributed by atoms with E-state index in [9.17, 15) is 0 Å². The van der Waals surface area contributed by atoms with E-state index in [1.807, 2.05) is 26.1 Å². The van der Waals surface area contributed by atoms with Gasteiger partial charge in [0, 0.05) is 22.6 Å². The molecular weight excluding hydrogens is 280 g/mol. The van der Waals surface area contributed by atoms with Gasteiger partial charge in [0.25, 0.3) is 0 Å². The number of benzene rings is 1. The first-order valence-electron chi connectivity index (χ1n) is 5.48. The minimum Gasteiger partial charge on any atom is -0.496 e. The van der Waals surface area contributed by atoms with Gasteiger partial charge in [0.15, 0.2) is 0 Å². The molecule has 0 aliphatic carbocycles. The number of halogens is 1. The van der Waals surface area contributed by atoms with Crippen molar-refractivity contribution in [2.24, 2.45) is 0 Å². The quantitative estimate of drug-likeness (QED) is 0.837. The van der Waals surface area contributed by atoms with Gasteiger partial charge in [0.1, 0.15) is 5.75 Å². The molecule has 0 fully saturated rings. The van der Waals surface area contributed by atoms with Crippen molar-refractivity contribution in [3.63, 3.8) is 0 Å². The third-order valence-electron chi connectivity index (χ3n) is 2.80. The second-order valence-corrected chi connectivity index (χ2v) is 5.00. The summed E-state index contributed by atoms with van der Waals surface area (Å²) in [5, 5.41) is 8.69. The van der Waals surface area contributed by atoms with Crippen molar-refractivity contribution in [1.29, 1.82) is 5.26 Å². The van der Waals surface area contributed by atoms with Crippen molar-refractivity contribution in [2.45, 2.75) is 25.9 Å². The monoisotopic (exact) mass is 296 g/mol. The predicted octanol–water partition coefficient (Wildman–Crippen LogP) is 3.19. The van der Waals surface area contributed by atoms with Gasteiger partial charge in [-0.2, -0.15) is 5.26 Å². The number of ether oxygens (including phenoxy) is 1. The van der Waals surface area contributed by atoms with Crippen molar-refractivity contribution in [3.8, 4) is 11.8 Å². The highest BCUT2D eigenvalue weighted by atomic mass is 79.9. The summed E-state index contributed by atoms with van der Waals surface area (Å²) in [6, 6.07) is 8.39. The van der Waals surface area contributed by atoms with Crippen LogP contribution in [0.4, 0.5) is 0 Å². The molecule has 0 aromatic heterocycles. The fourth-order valence-corrected chi connectivity index (χ4v) is 1.99. The van der Waals surface area contributed by atoms with Gasteiger partial charge < -0.3 is 4.74 Å². The first kappa shape index (κ1) is 14.0. The molecule has 1 aromatic carbocycles. The highest BCUT2D eigenvalue weighted by Crippen LogP contribution is 2.24. The lowest BCUT2D eigenvalue weighted by Crippen LogP contribution is -2.28. The largest absolute Gasteiger partial charge is 0.496 e. The highest BCUT2D eigenvalue weighted by molar-refractivity contribution is 9.10. The summed E-state index contributed by atoms with van der Waals surface area (Å²) >= 11 is 3.46. The van der Waals surface area contributed by atoms with Crippen LogP contribution in [0.3, 0.4) is 0 Å². The SMILES string of the molecule is COc1ccc(Br)cc1CN(C)C(C)CC#N. The minimum absolute atomic E-state index is 0.240. The van der Waals surface area contributed by atoms with Crippen molar-refractivity contribution in [3.05, 3.63) is 28.2 Å². The fourth-order valence-electron chi connectivity index (χ4n) is 1.58. The number of hydrogen-bond donors (Lipinski definition) is 0. The lowest BCUT2D eigenvalue weighted by molar-refractivity contribution is 0.248. The Kier molecular flexibility index (Phi) is 5.46. The molecule has 1 unspecified atom stereocenters. The molecule has 92 valence electrons. The van der Waals surface area contributed by atoms with Crippen LogP contribution in [-0.2, 0) is 6.54 Å². The summed E-state index contributed by atoms with van der Waals surface area (Å²) in [5.74, 6) is 0.879. The highest BCUT2D eigenvalue weighted by Gasteiger charge is 2.12. The predicted molar refractivity (Wildman–Crippen MR) is 71.9 cm³/mol. The second-order valence-electron chi connectivity index (χ2n) is 4.08. The van der Waals surface area contributed by atoms with Crippen molar-refractivity contribution < 1.29 is 4.74 Å². The molecule has 0 saturated heterocycles. The molecule has 1 rings (SSSR count). The molecule has 0 heterocycles. The van der Waals surface area contributed by atoms with Gasteiger partial charge >= 0.3 is 0 Å². The number of methoxy groups -OCH3 is 1. The zero-order chi connectivity index (χ0) is 12.8. The summed E-state index contributed by atoms with van der Waals surface area (Å²) in [5.41, 5.74) is 1.12. The average Bonchev–Trinajstić information content (AvgIpc) is 2.29. The van der Waals surface area contributed by atoms with Gasteiger partial charge in [0.2, 0.25) is 0 Å². The Hall–Kier alpha value is -1.05. The molecule has 4 heteroatoms. The van der Waals surface area contributed by atoms with Crippen LogP contribution in [0, 0.1) is 11.3 Å². The maximum absolute atomic E-state index is 8.69. The molecular formula is C13H17BrN2O. The van der Waals surface area contributed by atoms with Crippen LogP contribution in [0.1, 0.15) is 18.9 Å². The third kappa shape index (κ3) is 4.03. The first-order chi connectivity index (χ1) is 8.08. The molecule has 0 saturated carbocycles. The zero-order valence-corrected chi connectivity index (χ0v) is 12.0. The number of nitriles is 1. The first-order valence-corrected chi connectivity index (χ1v) is 6.27. The Morgan fingerprint density at radius 3 is 2.82 bits per heavy atom. The molecule has 0 bridgehead atoms. The van der Waals surface area contributed by atoms with Gasteiger partial charge in [-0.1, -0.05) is 15.9 Å². The van der Waals surface area contributed by atoms with Crippen molar-refractivity contribution in [1.82, 2.24) is 4.90 Å². The fraction of sp³-hybridized carbons (Fsp3) is 0.462. The Labute approximate surface area is 111 Å². The van der Waals surface area contributed by atoms with Gasteiger partial charge in [-0.15, -0.1) is 0 Å². The molecule has 0 spiro atoms. The Bertz CT molecular complexity index is 414. The average molecular weight is 297 g/mol. The summed E-state index contributed by atoms with van der Waals surface area (Å²) < 4.78 is 6.37. The standard InChI is InChI=1S/C13H17BrN2O/c1-10(6-7-15)16(2)9-11-8-12(14)4-5-13(11)17-3/h4-5,8,10H,6,9H2,1-3H3. The van der Waals surface area contributed by atoms with Crippen LogP contribution in [0.5, 0.6) is 5.75 Å². The Balaban J connectivity index is 2.80.